The quantitative estimate of drug-likeness (QED) is 0.343. The topological polar surface area (TPSA) is 134 Å². The number of carbonyl (C=O) groups excluding carboxylic acids is 1. The van der Waals surface area contributed by atoms with Crippen molar-refractivity contribution < 1.29 is 14.2 Å². The summed E-state index contributed by atoms with van der Waals surface area (Å²) in [6, 6.07) is 10.3. The number of hydrogen-bond donors (Lipinski definition) is 1. The van der Waals surface area contributed by atoms with Crippen molar-refractivity contribution in [1.82, 2.24) is 24.7 Å². The summed E-state index contributed by atoms with van der Waals surface area (Å²) in [5, 5.41) is 26.2. The van der Waals surface area contributed by atoms with Crippen LogP contribution in [0.2, 0.25) is 5.02 Å². The first-order valence-corrected chi connectivity index (χ1v) is 9.49. The number of rotatable bonds is 7. The Kier molecular flexibility index (Phi) is 5.50. The molecule has 31 heavy (non-hydrogen) atoms. The number of anilines is 1. The van der Waals surface area contributed by atoms with E-state index in [0.29, 0.717) is 28.7 Å². The summed E-state index contributed by atoms with van der Waals surface area (Å²) in [6.45, 7) is 2.26. The lowest BCUT2D eigenvalue weighted by Crippen LogP contribution is -2.16. The molecule has 1 N–H and O–H groups in total. The molecule has 0 aliphatic rings. The molecule has 4 aromatic rings. The Hall–Kier alpha value is -3.99. The van der Waals surface area contributed by atoms with Crippen LogP contribution in [0.5, 0.6) is 0 Å². The molecule has 0 saturated carbocycles. The highest BCUT2D eigenvalue weighted by Crippen LogP contribution is 2.18. The summed E-state index contributed by atoms with van der Waals surface area (Å²) in [5.41, 5.74) is 1.53. The predicted octanol–water partition coefficient (Wildman–Crippen LogP) is 3.29. The molecule has 0 atom stereocenters. The second-order valence-electron chi connectivity index (χ2n) is 6.67. The first-order chi connectivity index (χ1) is 14.9. The van der Waals surface area contributed by atoms with Gasteiger partial charge in [-0.25, -0.2) is 0 Å². The fourth-order valence-corrected chi connectivity index (χ4v) is 3.05. The smallest absolute Gasteiger partial charge is 0.361 e. The van der Waals surface area contributed by atoms with Crippen LogP contribution >= 0.6 is 11.6 Å². The average Bonchev–Trinajstić information content (AvgIpc) is 3.46. The Bertz CT molecular complexity index is 1240. The molecule has 1 amide bonds. The Morgan fingerprint density at radius 1 is 1.13 bits per heavy atom. The van der Waals surface area contributed by atoms with Gasteiger partial charge in [-0.05, 0) is 29.5 Å². The second-order valence-corrected chi connectivity index (χ2v) is 7.11. The molecule has 3 heterocycles. The Labute approximate surface area is 180 Å². The SMILES string of the molecule is Cc1onc(C(=O)Nc2ccn(Cc3ccc(Cl)cc3)n2)c1Cn1ccc([N+](=O)[O-])n1. The first kappa shape index (κ1) is 20.3. The van der Waals surface area contributed by atoms with Crippen molar-refractivity contribution in [3.05, 3.63) is 86.5 Å². The predicted molar refractivity (Wildman–Crippen MR) is 110 cm³/mol. The van der Waals surface area contributed by atoms with Crippen LogP contribution in [0.4, 0.5) is 11.6 Å². The highest BCUT2D eigenvalue weighted by molar-refractivity contribution is 6.30. The zero-order chi connectivity index (χ0) is 22.0. The van der Waals surface area contributed by atoms with Crippen molar-refractivity contribution in [2.75, 3.05) is 5.32 Å². The summed E-state index contributed by atoms with van der Waals surface area (Å²) < 4.78 is 8.17. The molecule has 12 heteroatoms. The van der Waals surface area contributed by atoms with E-state index in [1.54, 1.807) is 36.0 Å². The minimum atomic E-state index is -0.592. The van der Waals surface area contributed by atoms with Gasteiger partial charge in [0.1, 0.15) is 5.76 Å². The Morgan fingerprint density at radius 3 is 2.55 bits per heavy atom. The third-order valence-corrected chi connectivity index (χ3v) is 4.73. The number of carbonyl (C=O) groups is 1. The molecule has 0 unspecified atom stereocenters. The average molecular weight is 442 g/mol. The highest BCUT2D eigenvalue weighted by Gasteiger charge is 2.23. The highest BCUT2D eigenvalue weighted by atomic mass is 35.5. The minimum Gasteiger partial charge on any atom is -0.361 e. The van der Waals surface area contributed by atoms with E-state index in [4.69, 9.17) is 16.1 Å². The van der Waals surface area contributed by atoms with E-state index in [1.807, 2.05) is 12.1 Å². The van der Waals surface area contributed by atoms with E-state index < -0.39 is 10.8 Å². The standard InChI is InChI=1S/C19H16ClN7O4/c1-12-15(11-26-9-7-17(23-26)27(29)30)18(24-31-12)19(28)21-16-6-8-25(22-16)10-13-2-4-14(20)5-3-13/h2-9H,10-11H2,1H3,(H,21,22,28). The van der Waals surface area contributed by atoms with E-state index in [0.717, 1.165) is 5.56 Å². The van der Waals surface area contributed by atoms with E-state index in [9.17, 15) is 14.9 Å². The van der Waals surface area contributed by atoms with Crippen molar-refractivity contribution in [1.29, 1.82) is 0 Å². The molecule has 0 spiro atoms. The van der Waals surface area contributed by atoms with Crippen molar-refractivity contribution in [2.45, 2.75) is 20.0 Å². The van der Waals surface area contributed by atoms with Crippen molar-refractivity contribution in [3.63, 3.8) is 0 Å². The molecule has 0 aliphatic heterocycles. The van der Waals surface area contributed by atoms with Crippen molar-refractivity contribution in [3.8, 4) is 0 Å². The van der Waals surface area contributed by atoms with E-state index in [2.05, 4.69) is 20.7 Å². The van der Waals surface area contributed by atoms with Gasteiger partial charge >= 0.3 is 5.82 Å². The largest absolute Gasteiger partial charge is 0.389 e. The zero-order valence-electron chi connectivity index (χ0n) is 16.2. The van der Waals surface area contributed by atoms with Crippen LogP contribution in [0.15, 0.2) is 53.3 Å². The van der Waals surface area contributed by atoms with Gasteiger partial charge in [-0.1, -0.05) is 28.9 Å². The van der Waals surface area contributed by atoms with Gasteiger partial charge in [0.25, 0.3) is 5.91 Å². The fourth-order valence-electron chi connectivity index (χ4n) is 2.92. The monoisotopic (exact) mass is 441 g/mol. The third kappa shape index (κ3) is 4.61. The van der Waals surface area contributed by atoms with Gasteiger partial charge in [0.2, 0.25) is 0 Å². The number of aromatic nitrogens is 5. The molecular formula is C19H16ClN7O4. The molecule has 0 saturated heterocycles. The summed E-state index contributed by atoms with van der Waals surface area (Å²) in [7, 11) is 0. The number of nitrogens with zero attached hydrogens (tertiary/aromatic N) is 6. The van der Waals surface area contributed by atoms with Gasteiger partial charge in [0.05, 0.1) is 36.0 Å². The van der Waals surface area contributed by atoms with Crippen LogP contribution in [0.1, 0.15) is 27.4 Å². The number of aryl methyl sites for hydroxylation is 1. The third-order valence-electron chi connectivity index (χ3n) is 4.47. The maximum Gasteiger partial charge on any atom is 0.389 e. The molecule has 158 valence electrons. The number of halogens is 1. The van der Waals surface area contributed by atoms with Crippen LogP contribution in [-0.4, -0.2) is 35.5 Å². The summed E-state index contributed by atoms with van der Waals surface area (Å²) in [5.74, 6) is -0.0338. The summed E-state index contributed by atoms with van der Waals surface area (Å²) in [4.78, 5) is 22.9. The molecule has 3 aromatic heterocycles. The van der Waals surface area contributed by atoms with Gasteiger partial charge in [-0.15, -0.1) is 0 Å². The number of amides is 1. The van der Waals surface area contributed by atoms with Crippen LogP contribution in [0, 0.1) is 17.0 Å². The lowest BCUT2D eigenvalue weighted by molar-refractivity contribution is -0.389. The van der Waals surface area contributed by atoms with Gasteiger partial charge in [-0.2, -0.15) is 9.78 Å². The van der Waals surface area contributed by atoms with Crippen molar-refractivity contribution in [2.24, 2.45) is 0 Å². The second kappa shape index (κ2) is 8.40. The van der Waals surface area contributed by atoms with Gasteiger partial charge in [-0.3, -0.25) is 9.48 Å². The number of nitro groups is 1. The number of hydrogen-bond acceptors (Lipinski definition) is 7. The molecule has 4 rings (SSSR count). The molecule has 0 aliphatic carbocycles. The Balaban J connectivity index is 1.46. The van der Waals surface area contributed by atoms with Crippen LogP contribution in [0.3, 0.4) is 0 Å². The van der Waals surface area contributed by atoms with Crippen LogP contribution < -0.4 is 5.32 Å². The van der Waals surface area contributed by atoms with Gasteiger partial charge < -0.3 is 20.0 Å². The van der Waals surface area contributed by atoms with Crippen molar-refractivity contribution >= 4 is 29.1 Å². The number of nitrogens with one attached hydrogen (secondary N) is 1. The van der Waals surface area contributed by atoms with Gasteiger partial charge in [0, 0.05) is 17.3 Å². The lowest BCUT2D eigenvalue weighted by Gasteiger charge is -2.03. The lowest BCUT2D eigenvalue weighted by atomic mass is 10.2. The summed E-state index contributed by atoms with van der Waals surface area (Å²) in [6.07, 6.45) is 3.19. The van der Waals surface area contributed by atoms with E-state index in [-0.39, 0.29) is 18.1 Å². The molecule has 0 radical (unpaired) electrons. The van der Waals surface area contributed by atoms with Crippen LogP contribution in [-0.2, 0) is 13.1 Å². The molecular weight excluding hydrogens is 426 g/mol. The van der Waals surface area contributed by atoms with E-state index >= 15 is 0 Å². The van der Waals surface area contributed by atoms with Gasteiger partial charge in [0.15, 0.2) is 11.5 Å². The minimum absolute atomic E-state index is 0.0582. The number of benzene rings is 1. The normalized spacial score (nSPS) is 10.9. The maximum absolute atomic E-state index is 12.7. The molecule has 1 aromatic carbocycles. The zero-order valence-corrected chi connectivity index (χ0v) is 17.0. The first-order valence-electron chi connectivity index (χ1n) is 9.11. The molecule has 0 bridgehead atoms. The fraction of sp³-hybridized carbons (Fsp3) is 0.158. The van der Waals surface area contributed by atoms with E-state index in [1.165, 1.54) is 16.9 Å². The Morgan fingerprint density at radius 2 is 1.84 bits per heavy atom. The molecule has 11 nitrogen and oxygen atoms in total. The maximum atomic E-state index is 12.7. The summed E-state index contributed by atoms with van der Waals surface area (Å²) >= 11 is 5.90. The van der Waals surface area contributed by atoms with Crippen LogP contribution in [0.25, 0.3) is 0 Å². The molecule has 0 fully saturated rings.